The Kier molecular flexibility index (Phi) is 6.71. The number of rotatable bonds is 9. The Balaban J connectivity index is 1.76. The van der Waals surface area contributed by atoms with E-state index in [0.29, 0.717) is 17.5 Å². The van der Waals surface area contributed by atoms with Crippen LogP contribution in [0.15, 0.2) is 59.8 Å². The molecule has 0 radical (unpaired) electrons. The van der Waals surface area contributed by atoms with Crippen LogP contribution in [-0.2, 0) is 24.4 Å². The van der Waals surface area contributed by atoms with Gasteiger partial charge in [0.25, 0.3) is 0 Å². The molecule has 0 saturated carbocycles. The average Bonchev–Trinajstić information content (AvgIpc) is 3.08. The molecule has 0 aliphatic heterocycles. The van der Waals surface area contributed by atoms with Crippen LogP contribution < -0.4 is 4.74 Å². The molecule has 0 fully saturated rings. The van der Waals surface area contributed by atoms with E-state index in [1.807, 2.05) is 54.0 Å². The summed E-state index contributed by atoms with van der Waals surface area (Å²) in [6.45, 7) is 4.59. The number of benzene rings is 2. The second-order valence-electron chi connectivity index (χ2n) is 6.49. The van der Waals surface area contributed by atoms with Crippen molar-refractivity contribution >= 4 is 17.7 Å². The van der Waals surface area contributed by atoms with Crippen LogP contribution in [0.25, 0.3) is 0 Å². The summed E-state index contributed by atoms with van der Waals surface area (Å²) in [5.41, 5.74) is 2.36. The summed E-state index contributed by atoms with van der Waals surface area (Å²) < 4.78 is 7.81. The number of hydrogen-bond donors (Lipinski definition) is 1. The maximum Gasteiger partial charge on any atom is 0.316 e. The molecule has 1 N–H and O–H groups in total. The van der Waals surface area contributed by atoms with Crippen LogP contribution in [0.5, 0.6) is 5.75 Å². The first-order chi connectivity index (χ1) is 13.5. The van der Waals surface area contributed by atoms with Gasteiger partial charge in [-0.05, 0) is 38.0 Å². The van der Waals surface area contributed by atoms with Crippen LogP contribution in [0.2, 0.25) is 0 Å². The summed E-state index contributed by atoms with van der Waals surface area (Å²) in [5, 5.41) is 17.7. The lowest BCUT2D eigenvalue weighted by Gasteiger charge is -2.12. The molecule has 0 aliphatic carbocycles. The van der Waals surface area contributed by atoms with E-state index in [1.54, 1.807) is 6.92 Å². The van der Waals surface area contributed by atoms with E-state index in [2.05, 4.69) is 22.3 Å². The minimum atomic E-state index is -0.875. The Hall–Kier alpha value is -2.80. The van der Waals surface area contributed by atoms with Gasteiger partial charge in [0, 0.05) is 6.54 Å². The van der Waals surface area contributed by atoms with Gasteiger partial charge >= 0.3 is 5.97 Å². The molecule has 146 valence electrons. The highest BCUT2D eigenvalue weighted by Crippen LogP contribution is 2.24. The topological polar surface area (TPSA) is 77.2 Å². The van der Waals surface area contributed by atoms with Crippen LogP contribution in [-0.4, -0.2) is 31.1 Å². The van der Waals surface area contributed by atoms with Crippen molar-refractivity contribution in [1.82, 2.24) is 14.8 Å². The van der Waals surface area contributed by atoms with E-state index in [9.17, 15) is 9.90 Å². The molecular weight excluding hydrogens is 374 g/mol. The summed E-state index contributed by atoms with van der Waals surface area (Å²) in [5.74, 6) is 0.563. The zero-order chi connectivity index (χ0) is 19.9. The van der Waals surface area contributed by atoms with Crippen molar-refractivity contribution in [2.45, 2.75) is 43.8 Å². The Morgan fingerprint density at radius 2 is 1.86 bits per heavy atom. The smallest absolute Gasteiger partial charge is 0.316 e. The van der Waals surface area contributed by atoms with Crippen molar-refractivity contribution < 1.29 is 14.6 Å². The molecule has 1 heterocycles. The zero-order valence-corrected chi connectivity index (χ0v) is 16.7. The summed E-state index contributed by atoms with van der Waals surface area (Å²) >= 11 is 1.19. The number of hydrogen-bond acceptors (Lipinski definition) is 5. The van der Waals surface area contributed by atoms with Gasteiger partial charge in [-0.25, -0.2) is 0 Å². The van der Waals surface area contributed by atoms with E-state index >= 15 is 0 Å². The van der Waals surface area contributed by atoms with Crippen LogP contribution in [0.1, 0.15) is 23.9 Å². The van der Waals surface area contributed by atoms with Crippen molar-refractivity contribution in [3.63, 3.8) is 0 Å². The Morgan fingerprint density at radius 1 is 1.14 bits per heavy atom. The first-order valence-corrected chi connectivity index (χ1v) is 9.96. The van der Waals surface area contributed by atoms with Crippen molar-refractivity contribution in [2.75, 3.05) is 0 Å². The zero-order valence-electron chi connectivity index (χ0n) is 15.9. The SMILES string of the molecule is Cc1ccc(OCc2nnc(SC(C)C(=O)O)n2CCc2ccccc2)cc1. The summed E-state index contributed by atoms with van der Waals surface area (Å²) in [6.07, 6.45) is 0.797. The lowest BCUT2D eigenvalue weighted by atomic mass is 10.1. The van der Waals surface area contributed by atoms with E-state index < -0.39 is 11.2 Å². The third-order valence-electron chi connectivity index (χ3n) is 4.28. The fourth-order valence-corrected chi connectivity index (χ4v) is 3.44. The van der Waals surface area contributed by atoms with Gasteiger partial charge in [-0.3, -0.25) is 4.79 Å². The van der Waals surface area contributed by atoms with Gasteiger partial charge in [-0.15, -0.1) is 10.2 Å². The quantitative estimate of drug-likeness (QED) is 0.551. The minimum Gasteiger partial charge on any atom is -0.486 e. The lowest BCUT2D eigenvalue weighted by Crippen LogP contribution is -2.15. The monoisotopic (exact) mass is 397 g/mol. The lowest BCUT2D eigenvalue weighted by molar-refractivity contribution is -0.136. The molecule has 6 nitrogen and oxygen atoms in total. The van der Waals surface area contributed by atoms with Gasteiger partial charge in [0.1, 0.15) is 17.6 Å². The molecule has 0 spiro atoms. The fraction of sp³-hybridized carbons (Fsp3) is 0.286. The number of thioether (sulfide) groups is 1. The normalized spacial score (nSPS) is 11.9. The number of carbonyl (C=O) groups is 1. The first kappa shape index (κ1) is 19.9. The fourth-order valence-electron chi connectivity index (χ4n) is 2.61. The number of aliphatic carboxylic acids is 1. The number of carboxylic acids is 1. The minimum absolute atomic E-state index is 0.271. The highest BCUT2D eigenvalue weighted by Gasteiger charge is 2.19. The second kappa shape index (κ2) is 9.41. The highest BCUT2D eigenvalue weighted by molar-refractivity contribution is 8.00. The molecule has 2 aromatic carbocycles. The Labute approximate surface area is 168 Å². The van der Waals surface area contributed by atoms with Crippen LogP contribution in [0, 0.1) is 6.92 Å². The number of aromatic nitrogens is 3. The molecule has 0 aliphatic rings. The largest absolute Gasteiger partial charge is 0.486 e. The van der Waals surface area contributed by atoms with Gasteiger partial charge in [0.2, 0.25) is 0 Å². The predicted molar refractivity (Wildman–Crippen MR) is 109 cm³/mol. The first-order valence-electron chi connectivity index (χ1n) is 9.08. The molecule has 0 amide bonds. The van der Waals surface area contributed by atoms with Gasteiger partial charge in [-0.1, -0.05) is 59.8 Å². The van der Waals surface area contributed by atoms with Gasteiger partial charge in [0.05, 0.1) is 0 Å². The number of aryl methyl sites for hydroxylation is 2. The van der Waals surface area contributed by atoms with E-state index in [0.717, 1.165) is 12.2 Å². The summed E-state index contributed by atoms with van der Waals surface area (Å²) in [6, 6.07) is 18.0. The molecular formula is C21H23N3O3S. The van der Waals surface area contributed by atoms with Crippen molar-refractivity contribution in [3.05, 3.63) is 71.5 Å². The maximum absolute atomic E-state index is 11.2. The molecule has 7 heteroatoms. The van der Waals surface area contributed by atoms with Crippen LogP contribution in [0.3, 0.4) is 0 Å². The number of nitrogens with zero attached hydrogens (tertiary/aromatic N) is 3. The van der Waals surface area contributed by atoms with E-state index in [1.165, 1.54) is 22.9 Å². The van der Waals surface area contributed by atoms with Crippen molar-refractivity contribution in [3.8, 4) is 5.75 Å². The van der Waals surface area contributed by atoms with Gasteiger partial charge < -0.3 is 14.4 Å². The molecule has 1 unspecified atom stereocenters. The Bertz CT molecular complexity index is 910. The second-order valence-corrected chi connectivity index (χ2v) is 7.79. The average molecular weight is 398 g/mol. The van der Waals surface area contributed by atoms with Crippen molar-refractivity contribution in [1.29, 1.82) is 0 Å². The summed E-state index contributed by atoms with van der Waals surface area (Å²) in [7, 11) is 0. The van der Waals surface area contributed by atoms with Gasteiger partial charge in [-0.2, -0.15) is 0 Å². The molecule has 1 atom stereocenters. The van der Waals surface area contributed by atoms with E-state index in [-0.39, 0.29) is 6.61 Å². The van der Waals surface area contributed by atoms with Gasteiger partial charge in [0.15, 0.2) is 11.0 Å². The summed E-state index contributed by atoms with van der Waals surface area (Å²) in [4.78, 5) is 11.2. The molecule has 0 saturated heterocycles. The van der Waals surface area contributed by atoms with E-state index in [4.69, 9.17) is 4.74 Å². The van der Waals surface area contributed by atoms with Crippen molar-refractivity contribution in [2.24, 2.45) is 0 Å². The van der Waals surface area contributed by atoms with Crippen LogP contribution >= 0.6 is 11.8 Å². The third-order valence-corrected chi connectivity index (χ3v) is 5.35. The maximum atomic E-state index is 11.2. The molecule has 28 heavy (non-hydrogen) atoms. The molecule has 3 aromatic rings. The number of ether oxygens (including phenoxy) is 1. The predicted octanol–water partition coefficient (Wildman–Crippen LogP) is 3.97. The third kappa shape index (κ3) is 5.36. The molecule has 3 rings (SSSR count). The number of carboxylic acid groups (broad SMARTS) is 1. The van der Waals surface area contributed by atoms with Crippen LogP contribution in [0.4, 0.5) is 0 Å². The Morgan fingerprint density at radius 3 is 2.54 bits per heavy atom. The highest BCUT2D eigenvalue weighted by atomic mass is 32.2. The standard InChI is InChI=1S/C21H23N3O3S/c1-15-8-10-18(11-9-15)27-14-19-22-23-21(28-16(2)20(25)26)24(19)13-12-17-6-4-3-5-7-17/h3-11,16H,12-14H2,1-2H3,(H,25,26). The molecule has 1 aromatic heterocycles. The molecule has 0 bridgehead atoms.